The van der Waals surface area contributed by atoms with Gasteiger partial charge >= 0.3 is 11.9 Å². The number of benzene rings is 2. The van der Waals surface area contributed by atoms with Crippen LogP contribution in [0.1, 0.15) is 27.7 Å². The molecule has 0 aliphatic carbocycles. The van der Waals surface area contributed by atoms with Crippen molar-refractivity contribution in [2.75, 3.05) is 33.2 Å². The van der Waals surface area contributed by atoms with Crippen molar-refractivity contribution in [3.8, 4) is 0 Å². The SMILES string of the molecule is CN1CCN([C@H](C(=O)O)c2c(C(=O)O)n(Cc3ccccc3)c3ccccc23)CC1. The molecular weight excluding hydrogens is 382 g/mol. The second-order valence-corrected chi connectivity index (χ2v) is 7.74. The van der Waals surface area contributed by atoms with Crippen LogP contribution < -0.4 is 0 Å². The summed E-state index contributed by atoms with van der Waals surface area (Å²) in [4.78, 5) is 28.9. The summed E-state index contributed by atoms with van der Waals surface area (Å²) in [5, 5.41) is 21.0. The molecule has 1 aliphatic rings. The molecule has 4 rings (SSSR count). The molecule has 30 heavy (non-hydrogen) atoms. The Kier molecular flexibility index (Phi) is 5.57. The van der Waals surface area contributed by atoms with E-state index >= 15 is 0 Å². The molecule has 1 aromatic heterocycles. The highest BCUT2D eigenvalue weighted by atomic mass is 16.4. The number of carbonyl (C=O) groups is 2. The van der Waals surface area contributed by atoms with E-state index in [0.717, 1.165) is 24.2 Å². The van der Waals surface area contributed by atoms with Crippen molar-refractivity contribution in [3.63, 3.8) is 0 Å². The molecule has 0 spiro atoms. The Morgan fingerprint density at radius 3 is 2.20 bits per heavy atom. The zero-order chi connectivity index (χ0) is 21.3. The van der Waals surface area contributed by atoms with Crippen molar-refractivity contribution in [2.45, 2.75) is 12.6 Å². The van der Waals surface area contributed by atoms with Crippen LogP contribution in [0.2, 0.25) is 0 Å². The Morgan fingerprint density at radius 2 is 1.57 bits per heavy atom. The van der Waals surface area contributed by atoms with Gasteiger partial charge in [-0.15, -0.1) is 0 Å². The predicted molar refractivity (Wildman–Crippen MR) is 114 cm³/mol. The third-order valence-electron chi connectivity index (χ3n) is 5.81. The zero-order valence-corrected chi connectivity index (χ0v) is 16.9. The van der Waals surface area contributed by atoms with E-state index in [1.807, 2.05) is 66.5 Å². The van der Waals surface area contributed by atoms with Crippen LogP contribution in [0.15, 0.2) is 54.6 Å². The number of likely N-dealkylation sites (N-methyl/N-ethyl adjacent to an activating group) is 1. The number of aliphatic carboxylic acids is 1. The molecular formula is C23H25N3O4. The second kappa shape index (κ2) is 8.30. The third kappa shape index (κ3) is 3.69. The molecule has 7 heteroatoms. The number of hydrogen-bond acceptors (Lipinski definition) is 4. The van der Waals surface area contributed by atoms with Gasteiger partial charge in [-0.1, -0.05) is 48.5 Å². The molecule has 0 unspecified atom stereocenters. The Hall–Kier alpha value is -3.16. The van der Waals surface area contributed by atoms with Crippen molar-refractivity contribution in [1.82, 2.24) is 14.4 Å². The van der Waals surface area contributed by atoms with Gasteiger partial charge in [-0.05, 0) is 18.7 Å². The fraction of sp³-hybridized carbons (Fsp3) is 0.304. The maximum Gasteiger partial charge on any atom is 0.352 e. The van der Waals surface area contributed by atoms with E-state index in [1.54, 1.807) is 4.57 Å². The van der Waals surface area contributed by atoms with Gasteiger partial charge in [0.15, 0.2) is 0 Å². The van der Waals surface area contributed by atoms with E-state index in [4.69, 9.17) is 0 Å². The van der Waals surface area contributed by atoms with E-state index in [1.165, 1.54) is 0 Å². The second-order valence-electron chi connectivity index (χ2n) is 7.74. The van der Waals surface area contributed by atoms with Gasteiger partial charge in [0, 0.05) is 49.2 Å². The minimum absolute atomic E-state index is 0.0476. The first-order valence-corrected chi connectivity index (χ1v) is 10.0. The van der Waals surface area contributed by atoms with Crippen LogP contribution in [0.5, 0.6) is 0 Å². The Balaban J connectivity index is 1.91. The molecule has 1 saturated heterocycles. The lowest BCUT2D eigenvalue weighted by molar-refractivity contribution is -0.144. The van der Waals surface area contributed by atoms with Crippen LogP contribution in [0.25, 0.3) is 10.9 Å². The summed E-state index contributed by atoms with van der Waals surface area (Å²) in [7, 11) is 2.00. The number of hydrogen-bond donors (Lipinski definition) is 2. The first kappa shape index (κ1) is 20.1. The van der Waals surface area contributed by atoms with Gasteiger partial charge in [-0.2, -0.15) is 0 Å². The van der Waals surface area contributed by atoms with E-state index in [0.29, 0.717) is 30.6 Å². The minimum atomic E-state index is -1.11. The molecule has 0 saturated carbocycles. The van der Waals surface area contributed by atoms with Crippen LogP contribution in [-0.4, -0.2) is 69.7 Å². The van der Waals surface area contributed by atoms with Crippen LogP contribution in [0, 0.1) is 0 Å². The molecule has 1 fully saturated rings. The highest BCUT2D eigenvalue weighted by Gasteiger charge is 2.36. The standard InChI is InChI=1S/C23H25N3O4/c1-24-11-13-25(14-12-24)20(22(27)28)19-17-9-5-6-10-18(17)26(21(19)23(29)30)15-16-7-3-2-4-8-16/h2-10,20H,11-15H2,1H3,(H,27,28)(H,29,30)/t20-/m0/s1. The monoisotopic (exact) mass is 407 g/mol. The van der Waals surface area contributed by atoms with Crippen LogP contribution in [-0.2, 0) is 11.3 Å². The molecule has 2 N–H and O–H groups in total. The molecule has 156 valence electrons. The normalized spacial score (nSPS) is 16.6. The highest BCUT2D eigenvalue weighted by molar-refractivity contribution is 6.01. The van der Waals surface area contributed by atoms with Gasteiger partial charge in [0.2, 0.25) is 0 Å². The Morgan fingerprint density at radius 1 is 0.933 bits per heavy atom. The highest BCUT2D eigenvalue weighted by Crippen LogP contribution is 2.35. The Bertz CT molecular complexity index is 1070. The van der Waals surface area contributed by atoms with Crippen molar-refractivity contribution >= 4 is 22.8 Å². The molecule has 2 heterocycles. The summed E-state index contributed by atoms with van der Waals surface area (Å²) in [6, 6.07) is 16.0. The van der Waals surface area contributed by atoms with Crippen LogP contribution in [0.4, 0.5) is 0 Å². The van der Waals surface area contributed by atoms with Crippen molar-refractivity contribution in [1.29, 1.82) is 0 Å². The molecule has 2 aromatic carbocycles. The molecule has 7 nitrogen and oxygen atoms in total. The number of fused-ring (bicyclic) bond motifs is 1. The van der Waals surface area contributed by atoms with E-state index in [9.17, 15) is 19.8 Å². The number of rotatable bonds is 6. The van der Waals surface area contributed by atoms with Gasteiger partial charge in [-0.25, -0.2) is 4.79 Å². The average molecular weight is 407 g/mol. The summed E-state index contributed by atoms with van der Waals surface area (Å²) < 4.78 is 1.73. The molecule has 0 bridgehead atoms. The van der Waals surface area contributed by atoms with Crippen molar-refractivity contribution in [2.24, 2.45) is 0 Å². The third-order valence-corrected chi connectivity index (χ3v) is 5.81. The number of carboxylic acids is 2. The van der Waals surface area contributed by atoms with Crippen LogP contribution in [0.3, 0.4) is 0 Å². The minimum Gasteiger partial charge on any atom is -0.480 e. The predicted octanol–water partition coefficient (Wildman–Crippen LogP) is 2.76. The van der Waals surface area contributed by atoms with Crippen LogP contribution >= 0.6 is 0 Å². The average Bonchev–Trinajstić information content (AvgIpc) is 3.04. The number of aromatic nitrogens is 1. The zero-order valence-electron chi connectivity index (χ0n) is 16.9. The molecule has 0 radical (unpaired) electrons. The van der Waals surface area contributed by atoms with E-state index in [2.05, 4.69) is 4.90 Å². The molecule has 3 aromatic rings. The lowest BCUT2D eigenvalue weighted by Crippen LogP contribution is -2.48. The summed E-state index contributed by atoms with van der Waals surface area (Å²) >= 11 is 0. The largest absolute Gasteiger partial charge is 0.480 e. The first-order chi connectivity index (χ1) is 14.5. The van der Waals surface area contributed by atoms with Gasteiger partial charge in [0.05, 0.1) is 0 Å². The van der Waals surface area contributed by atoms with Crippen molar-refractivity contribution in [3.05, 3.63) is 71.4 Å². The number of para-hydroxylation sites is 1. The number of nitrogens with zero attached hydrogens (tertiary/aromatic N) is 3. The van der Waals surface area contributed by atoms with Gasteiger partial charge in [-0.3, -0.25) is 9.69 Å². The molecule has 1 aliphatic heterocycles. The Labute approximate surface area is 174 Å². The van der Waals surface area contributed by atoms with Gasteiger partial charge < -0.3 is 19.7 Å². The number of aromatic carboxylic acids is 1. The maximum absolute atomic E-state index is 12.4. The first-order valence-electron chi connectivity index (χ1n) is 10.0. The van der Waals surface area contributed by atoms with E-state index in [-0.39, 0.29) is 5.69 Å². The smallest absolute Gasteiger partial charge is 0.352 e. The lowest BCUT2D eigenvalue weighted by Gasteiger charge is -2.36. The fourth-order valence-corrected chi connectivity index (χ4v) is 4.31. The van der Waals surface area contributed by atoms with E-state index < -0.39 is 18.0 Å². The van der Waals surface area contributed by atoms with Gasteiger partial charge in [0.1, 0.15) is 11.7 Å². The summed E-state index contributed by atoms with van der Waals surface area (Å²) in [6.07, 6.45) is 0. The fourth-order valence-electron chi connectivity index (χ4n) is 4.31. The number of carboxylic acid groups (broad SMARTS) is 2. The summed E-state index contributed by atoms with van der Waals surface area (Å²) in [5.74, 6) is -2.14. The quantitative estimate of drug-likeness (QED) is 0.654. The van der Waals surface area contributed by atoms with Gasteiger partial charge in [0.25, 0.3) is 0 Å². The summed E-state index contributed by atoms with van der Waals surface area (Å²) in [5.41, 5.74) is 2.10. The summed E-state index contributed by atoms with van der Waals surface area (Å²) in [6.45, 7) is 3.00. The molecule has 0 amide bonds. The molecule has 1 atom stereocenters. The topological polar surface area (TPSA) is 86.0 Å². The maximum atomic E-state index is 12.4. The van der Waals surface area contributed by atoms with Crippen molar-refractivity contribution < 1.29 is 19.8 Å². The number of piperazine rings is 1. The lowest BCUT2D eigenvalue weighted by atomic mass is 10.00.